The molecule has 1 N–H and O–H groups in total. The highest BCUT2D eigenvalue weighted by atomic mass is 79.9. The van der Waals surface area contributed by atoms with Gasteiger partial charge in [-0.15, -0.1) is 6.58 Å². The zero-order valence-electron chi connectivity index (χ0n) is 13.7. The largest absolute Gasteiger partial charge is 0.493 e. The van der Waals surface area contributed by atoms with E-state index in [1.165, 1.54) is 0 Å². The number of ether oxygens (including phenoxy) is 2. The monoisotopic (exact) mass is 355 g/mol. The molecule has 0 heterocycles. The Morgan fingerprint density at radius 2 is 2.00 bits per heavy atom. The zero-order valence-corrected chi connectivity index (χ0v) is 15.3. The maximum Gasteiger partial charge on any atom is 0.175 e. The highest BCUT2D eigenvalue weighted by molar-refractivity contribution is 9.10. The molecule has 0 amide bonds. The molecule has 0 fully saturated rings. The Morgan fingerprint density at radius 3 is 2.52 bits per heavy atom. The summed E-state index contributed by atoms with van der Waals surface area (Å²) in [4.78, 5) is 0. The second-order valence-corrected chi connectivity index (χ2v) is 7.12. The molecule has 1 aromatic carbocycles. The molecule has 0 aliphatic heterocycles. The molecule has 3 nitrogen and oxygen atoms in total. The molecule has 118 valence electrons. The predicted octanol–water partition coefficient (Wildman–Crippen LogP) is 4.69. The standard InChI is InChI=1S/C17H26BrNO2/c1-12(2)7-8-21-16-14(18)9-13(10-15(16)20-6)11-19-17(3,4)5/h9-10,19H,1,7-8,11H2,2-6H3. The second-order valence-electron chi connectivity index (χ2n) is 6.27. The number of rotatable bonds is 7. The van der Waals surface area contributed by atoms with E-state index in [1.807, 2.05) is 13.0 Å². The molecular formula is C17H26BrNO2. The van der Waals surface area contributed by atoms with E-state index in [9.17, 15) is 0 Å². The fraction of sp³-hybridized carbons (Fsp3) is 0.529. The third kappa shape index (κ3) is 6.53. The number of halogens is 1. The molecule has 0 aliphatic carbocycles. The Balaban J connectivity index is 2.84. The third-order valence-corrected chi connectivity index (χ3v) is 3.48. The second kappa shape index (κ2) is 7.85. The topological polar surface area (TPSA) is 30.5 Å². The Kier molecular flexibility index (Phi) is 6.75. The molecule has 1 rings (SSSR count). The fourth-order valence-electron chi connectivity index (χ4n) is 1.71. The zero-order chi connectivity index (χ0) is 16.0. The van der Waals surface area contributed by atoms with Gasteiger partial charge >= 0.3 is 0 Å². The van der Waals surface area contributed by atoms with Crippen LogP contribution in [0.4, 0.5) is 0 Å². The SMILES string of the molecule is C=C(C)CCOc1c(Br)cc(CNC(C)(C)C)cc1OC. The lowest BCUT2D eigenvalue weighted by molar-refractivity contribution is 0.295. The minimum absolute atomic E-state index is 0.0797. The summed E-state index contributed by atoms with van der Waals surface area (Å²) in [6.07, 6.45) is 0.836. The molecule has 0 spiro atoms. The van der Waals surface area contributed by atoms with Gasteiger partial charge in [0.2, 0.25) is 0 Å². The minimum atomic E-state index is 0.0797. The van der Waals surface area contributed by atoms with E-state index in [2.05, 4.69) is 54.7 Å². The first-order valence-electron chi connectivity index (χ1n) is 7.11. The van der Waals surface area contributed by atoms with Crippen LogP contribution in [0.1, 0.15) is 39.7 Å². The van der Waals surface area contributed by atoms with Crippen molar-refractivity contribution in [2.45, 2.75) is 46.2 Å². The van der Waals surface area contributed by atoms with E-state index in [1.54, 1.807) is 7.11 Å². The number of hydrogen-bond acceptors (Lipinski definition) is 3. The van der Waals surface area contributed by atoms with Gasteiger partial charge in [-0.2, -0.15) is 0 Å². The van der Waals surface area contributed by atoms with Crippen LogP contribution in [0.5, 0.6) is 11.5 Å². The first-order chi connectivity index (χ1) is 9.73. The van der Waals surface area contributed by atoms with Crippen LogP contribution in [-0.2, 0) is 6.54 Å². The van der Waals surface area contributed by atoms with E-state index in [0.29, 0.717) is 6.61 Å². The highest BCUT2D eigenvalue weighted by Gasteiger charge is 2.14. The number of benzene rings is 1. The molecular weight excluding hydrogens is 330 g/mol. The summed E-state index contributed by atoms with van der Waals surface area (Å²) in [5.41, 5.74) is 2.34. The van der Waals surface area contributed by atoms with Crippen LogP contribution in [-0.4, -0.2) is 19.3 Å². The Morgan fingerprint density at radius 1 is 1.33 bits per heavy atom. The van der Waals surface area contributed by atoms with Gasteiger partial charge in [0.25, 0.3) is 0 Å². The first-order valence-corrected chi connectivity index (χ1v) is 7.91. The van der Waals surface area contributed by atoms with E-state index in [0.717, 1.165) is 40.1 Å². The lowest BCUT2D eigenvalue weighted by atomic mass is 10.1. The average molecular weight is 356 g/mol. The molecule has 0 aliphatic rings. The molecule has 0 unspecified atom stereocenters. The van der Waals surface area contributed by atoms with E-state index < -0.39 is 0 Å². The Labute approximate surface area is 136 Å². The van der Waals surface area contributed by atoms with Gasteiger partial charge in [-0.05, 0) is 61.3 Å². The molecule has 4 heteroatoms. The molecule has 0 aromatic heterocycles. The fourth-order valence-corrected chi connectivity index (χ4v) is 2.31. The lowest BCUT2D eigenvalue weighted by Gasteiger charge is -2.21. The summed E-state index contributed by atoms with van der Waals surface area (Å²) in [7, 11) is 1.66. The molecule has 21 heavy (non-hydrogen) atoms. The van der Waals surface area contributed by atoms with E-state index in [-0.39, 0.29) is 5.54 Å². The van der Waals surface area contributed by atoms with Crippen molar-refractivity contribution < 1.29 is 9.47 Å². The van der Waals surface area contributed by atoms with Crippen LogP contribution >= 0.6 is 15.9 Å². The molecule has 0 bridgehead atoms. The van der Waals surface area contributed by atoms with Gasteiger partial charge in [-0.1, -0.05) is 5.57 Å². The van der Waals surface area contributed by atoms with Gasteiger partial charge < -0.3 is 14.8 Å². The van der Waals surface area contributed by atoms with Crippen molar-refractivity contribution in [3.8, 4) is 11.5 Å². The number of hydrogen-bond donors (Lipinski definition) is 1. The molecule has 0 radical (unpaired) electrons. The molecule has 0 saturated carbocycles. The molecule has 0 saturated heterocycles. The Bertz CT molecular complexity index is 492. The van der Waals surface area contributed by atoms with Gasteiger partial charge in [0.05, 0.1) is 18.2 Å². The number of nitrogens with one attached hydrogen (secondary N) is 1. The van der Waals surface area contributed by atoms with Crippen LogP contribution in [0, 0.1) is 0 Å². The predicted molar refractivity (Wildman–Crippen MR) is 92.2 cm³/mol. The molecule has 0 atom stereocenters. The van der Waals surface area contributed by atoms with Crippen molar-refractivity contribution in [1.82, 2.24) is 5.32 Å². The lowest BCUT2D eigenvalue weighted by Crippen LogP contribution is -2.35. The quantitative estimate of drug-likeness (QED) is 0.719. The van der Waals surface area contributed by atoms with Gasteiger partial charge in [0.15, 0.2) is 11.5 Å². The van der Waals surface area contributed by atoms with Crippen LogP contribution < -0.4 is 14.8 Å². The minimum Gasteiger partial charge on any atom is -0.493 e. The van der Waals surface area contributed by atoms with Gasteiger partial charge in [0, 0.05) is 18.5 Å². The summed E-state index contributed by atoms with van der Waals surface area (Å²) < 4.78 is 12.2. The summed E-state index contributed by atoms with van der Waals surface area (Å²) in [5.74, 6) is 1.50. The molecule has 1 aromatic rings. The van der Waals surface area contributed by atoms with Gasteiger partial charge in [-0.25, -0.2) is 0 Å². The summed E-state index contributed by atoms with van der Waals surface area (Å²) in [6, 6.07) is 4.08. The van der Waals surface area contributed by atoms with Gasteiger partial charge in [0.1, 0.15) is 0 Å². The normalized spacial score (nSPS) is 11.3. The maximum atomic E-state index is 5.82. The van der Waals surface area contributed by atoms with Crippen molar-refractivity contribution in [3.63, 3.8) is 0 Å². The summed E-state index contributed by atoms with van der Waals surface area (Å²) in [6.45, 7) is 13.7. The summed E-state index contributed by atoms with van der Waals surface area (Å²) in [5, 5.41) is 3.47. The van der Waals surface area contributed by atoms with Gasteiger partial charge in [-0.3, -0.25) is 0 Å². The smallest absolute Gasteiger partial charge is 0.175 e. The average Bonchev–Trinajstić information content (AvgIpc) is 2.37. The van der Waals surface area contributed by atoms with Crippen LogP contribution in [0.2, 0.25) is 0 Å². The first kappa shape index (κ1) is 18.1. The van der Waals surface area contributed by atoms with Crippen molar-refractivity contribution in [3.05, 3.63) is 34.3 Å². The Hall–Kier alpha value is -1.00. The van der Waals surface area contributed by atoms with Crippen molar-refractivity contribution in [2.24, 2.45) is 0 Å². The van der Waals surface area contributed by atoms with E-state index >= 15 is 0 Å². The van der Waals surface area contributed by atoms with Crippen LogP contribution in [0.3, 0.4) is 0 Å². The maximum absolute atomic E-state index is 5.82. The third-order valence-electron chi connectivity index (χ3n) is 2.89. The van der Waals surface area contributed by atoms with Crippen LogP contribution in [0.15, 0.2) is 28.8 Å². The summed E-state index contributed by atoms with van der Waals surface area (Å²) >= 11 is 3.57. The van der Waals surface area contributed by atoms with Crippen molar-refractivity contribution >= 4 is 15.9 Å². The van der Waals surface area contributed by atoms with Crippen molar-refractivity contribution in [1.29, 1.82) is 0 Å². The number of methoxy groups -OCH3 is 1. The van der Waals surface area contributed by atoms with Crippen molar-refractivity contribution in [2.75, 3.05) is 13.7 Å². The van der Waals surface area contributed by atoms with E-state index in [4.69, 9.17) is 9.47 Å². The highest BCUT2D eigenvalue weighted by Crippen LogP contribution is 2.37. The van der Waals surface area contributed by atoms with Crippen LogP contribution in [0.25, 0.3) is 0 Å².